The van der Waals surface area contributed by atoms with Crippen molar-refractivity contribution in [1.29, 1.82) is 0 Å². The summed E-state index contributed by atoms with van der Waals surface area (Å²) in [5.41, 5.74) is -1.10. The fraction of sp³-hybridized carbons (Fsp3) is 0.316. The quantitative estimate of drug-likeness (QED) is 0.704. The number of carbonyl (C=O) groups is 1. The molecule has 0 spiro atoms. The number of carbonyl (C=O) groups excluding carboxylic acids is 1. The van der Waals surface area contributed by atoms with Crippen LogP contribution in [0.15, 0.2) is 42.5 Å². The van der Waals surface area contributed by atoms with Crippen molar-refractivity contribution in [3.63, 3.8) is 0 Å². The predicted molar refractivity (Wildman–Crippen MR) is 106 cm³/mol. The van der Waals surface area contributed by atoms with Crippen molar-refractivity contribution in [3.8, 4) is 11.5 Å². The Morgan fingerprint density at radius 1 is 1.10 bits per heavy atom. The number of alkyl halides is 3. The van der Waals surface area contributed by atoms with Gasteiger partial charge in [-0.25, -0.2) is 8.42 Å². The van der Waals surface area contributed by atoms with Crippen LogP contribution in [-0.4, -0.2) is 40.8 Å². The third kappa shape index (κ3) is 5.35. The Hall–Kier alpha value is -2.95. The lowest BCUT2D eigenvalue weighted by Gasteiger charge is -2.29. The van der Waals surface area contributed by atoms with Gasteiger partial charge in [0.15, 0.2) is 0 Å². The van der Waals surface area contributed by atoms with E-state index in [0.29, 0.717) is 21.9 Å². The summed E-state index contributed by atoms with van der Waals surface area (Å²) in [7, 11) is -1.29. The van der Waals surface area contributed by atoms with Crippen LogP contribution in [0.25, 0.3) is 0 Å². The number of sulfonamides is 1. The van der Waals surface area contributed by atoms with Crippen molar-refractivity contribution in [2.24, 2.45) is 0 Å². The molecule has 0 bridgehead atoms. The molecular weight excluding hydrogens is 425 g/mol. The molecule has 0 aliphatic carbocycles. The van der Waals surface area contributed by atoms with E-state index in [0.717, 1.165) is 18.4 Å². The molecule has 1 amide bonds. The minimum atomic E-state index is -4.67. The van der Waals surface area contributed by atoms with Crippen molar-refractivity contribution in [2.45, 2.75) is 19.1 Å². The highest BCUT2D eigenvalue weighted by Gasteiger charge is 2.34. The number of hydrogen-bond donors (Lipinski definition) is 1. The molecule has 1 N–H and O–H groups in total. The Morgan fingerprint density at radius 3 is 2.30 bits per heavy atom. The molecule has 0 radical (unpaired) electrons. The lowest BCUT2D eigenvalue weighted by molar-refractivity contribution is -0.137. The van der Waals surface area contributed by atoms with Crippen LogP contribution in [0.1, 0.15) is 12.5 Å². The zero-order chi connectivity index (χ0) is 22.7. The molecule has 0 heterocycles. The number of nitrogens with zero attached hydrogens (tertiary/aromatic N) is 1. The lowest BCUT2D eigenvalue weighted by Crippen LogP contribution is -2.45. The third-order valence-corrected chi connectivity index (χ3v) is 5.42. The molecule has 11 heteroatoms. The number of amides is 1. The van der Waals surface area contributed by atoms with Gasteiger partial charge in [-0.15, -0.1) is 0 Å². The monoisotopic (exact) mass is 446 g/mol. The highest BCUT2D eigenvalue weighted by Crippen LogP contribution is 2.33. The van der Waals surface area contributed by atoms with Crippen LogP contribution < -0.4 is 19.1 Å². The molecule has 30 heavy (non-hydrogen) atoms. The molecule has 0 saturated heterocycles. The Kier molecular flexibility index (Phi) is 6.86. The lowest BCUT2D eigenvalue weighted by atomic mass is 10.1. The normalized spacial score (nSPS) is 12.8. The van der Waals surface area contributed by atoms with E-state index in [1.807, 2.05) is 0 Å². The molecule has 2 aromatic carbocycles. The van der Waals surface area contributed by atoms with E-state index in [2.05, 4.69) is 5.32 Å². The van der Waals surface area contributed by atoms with Gasteiger partial charge in [-0.05, 0) is 37.3 Å². The summed E-state index contributed by atoms with van der Waals surface area (Å²) in [6, 6.07) is 7.01. The first-order valence-electron chi connectivity index (χ1n) is 8.58. The number of rotatable bonds is 7. The maximum atomic E-state index is 13.1. The molecular formula is C19H21F3N2O5S. The van der Waals surface area contributed by atoms with Crippen LogP contribution in [0, 0.1) is 0 Å². The molecule has 1 unspecified atom stereocenters. The summed E-state index contributed by atoms with van der Waals surface area (Å²) < 4.78 is 74.7. The molecule has 1 atom stereocenters. The fourth-order valence-electron chi connectivity index (χ4n) is 2.78. The van der Waals surface area contributed by atoms with E-state index in [-0.39, 0.29) is 11.4 Å². The summed E-state index contributed by atoms with van der Waals surface area (Å²) in [6.07, 6.45) is -3.86. The number of anilines is 2. The molecule has 0 aliphatic rings. The average molecular weight is 446 g/mol. The number of ether oxygens (including phenoxy) is 2. The van der Waals surface area contributed by atoms with Crippen molar-refractivity contribution in [1.82, 2.24) is 0 Å². The van der Waals surface area contributed by atoms with E-state index < -0.39 is 33.7 Å². The highest BCUT2D eigenvalue weighted by atomic mass is 32.2. The van der Waals surface area contributed by atoms with E-state index in [1.54, 1.807) is 12.1 Å². The Labute approximate surface area is 172 Å². The van der Waals surface area contributed by atoms with Gasteiger partial charge >= 0.3 is 6.18 Å². The second-order valence-corrected chi connectivity index (χ2v) is 8.20. The first-order valence-corrected chi connectivity index (χ1v) is 10.4. The average Bonchev–Trinajstić information content (AvgIpc) is 2.66. The Morgan fingerprint density at radius 2 is 1.77 bits per heavy atom. The van der Waals surface area contributed by atoms with Crippen LogP contribution in [0.4, 0.5) is 24.5 Å². The van der Waals surface area contributed by atoms with Gasteiger partial charge in [-0.2, -0.15) is 13.2 Å². The van der Waals surface area contributed by atoms with Gasteiger partial charge in [0, 0.05) is 6.07 Å². The minimum absolute atomic E-state index is 0.214. The van der Waals surface area contributed by atoms with Gasteiger partial charge in [0.2, 0.25) is 15.9 Å². The van der Waals surface area contributed by atoms with Crippen LogP contribution >= 0.6 is 0 Å². The summed E-state index contributed by atoms with van der Waals surface area (Å²) >= 11 is 0. The van der Waals surface area contributed by atoms with Crippen LogP contribution in [-0.2, 0) is 21.0 Å². The molecule has 0 fully saturated rings. The van der Waals surface area contributed by atoms with Gasteiger partial charge in [0.1, 0.15) is 17.5 Å². The minimum Gasteiger partial charge on any atom is -0.497 e. The van der Waals surface area contributed by atoms with E-state index in [4.69, 9.17) is 9.47 Å². The van der Waals surface area contributed by atoms with Gasteiger partial charge in [0.05, 0.1) is 37.4 Å². The van der Waals surface area contributed by atoms with Crippen LogP contribution in [0.2, 0.25) is 0 Å². The second-order valence-electron chi connectivity index (χ2n) is 6.34. The van der Waals surface area contributed by atoms with Gasteiger partial charge in [0.25, 0.3) is 0 Å². The standard InChI is InChI=1S/C19H21F3N2O5S/c1-12(18(25)23-16-11-15(28-2)8-9-17(16)29-3)24(30(4,26)27)14-7-5-6-13(10-14)19(20,21)22/h5-12H,1-4H3,(H,23,25). The summed E-state index contributed by atoms with van der Waals surface area (Å²) in [4.78, 5) is 12.8. The summed E-state index contributed by atoms with van der Waals surface area (Å²) in [5, 5.41) is 2.53. The maximum Gasteiger partial charge on any atom is 0.416 e. The first-order chi connectivity index (χ1) is 13.9. The number of halogens is 3. The van der Waals surface area contributed by atoms with Crippen LogP contribution in [0.3, 0.4) is 0 Å². The zero-order valence-electron chi connectivity index (χ0n) is 16.6. The van der Waals surface area contributed by atoms with Crippen molar-refractivity contribution >= 4 is 27.3 Å². The Bertz CT molecular complexity index is 1030. The highest BCUT2D eigenvalue weighted by molar-refractivity contribution is 7.92. The predicted octanol–water partition coefficient (Wildman–Crippen LogP) is 3.52. The molecule has 2 rings (SSSR count). The van der Waals surface area contributed by atoms with Crippen LogP contribution in [0.5, 0.6) is 11.5 Å². The van der Waals surface area contributed by atoms with Gasteiger partial charge in [-0.1, -0.05) is 6.07 Å². The van der Waals surface area contributed by atoms with E-state index in [1.165, 1.54) is 33.3 Å². The number of methoxy groups -OCH3 is 2. The zero-order valence-corrected chi connectivity index (χ0v) is 17.5. The fourth-order valence-corrected chi connectivity index (χ4v) is 3.94. The molecule has 0 saturated carbocycles. The molecule has 164 valence electrons. The topological polar surface area (TPSA) is 84.9 Å². The summed E-state index contributed by atoms with van der Waals surface area (Å²) in [6.45, 7) is 1.27. The Balaban J connectivity index is 2.42. The smallest absolute Gasteiger partial charge is 0.416 e. The summed E-state index contributed by atoms with van der Waals surface area (Å²) in [5.74, 6) is -0.0673. The SMILES string of the molecule is COc1ccc(OC)c(NC(=O)C(C)N(c2cccc(C(F)(F)F)c2)S(C)(=O)=O)c1. The third-order valence-electron chi connectivity index (χ3n) is 4.18. The number of hydrogen-bond acceptors (Lipinski definition) is 5. The largest absolute Gasteiger partial charge is 0.497 e. The van der Waals surface area contributed by atoms with Crippen molar-refractivity contribution in [3.05, 3.63) is 48.0 Å². The van der Waals surface area contributed by atoms with E-state index in [9.17, 15) is 26.4 Å². The van der Waals surface area contributed by atoms with Crippen molar-refractivity contribution in [2.75, 3.05) is 30.1 Å². The van der Waals surface area contributed by atoms with Gasteiger partial charge in [-0.3, -0.25) is 9.10 Å². The van der Waals surface area contributed by atoms with Gasteiger partial charge < -0.3 is 14.8 Å². The number of nitrogens with one attached hydrogen (secondary N) is 1. The maximum absolute atomic E-state index is 13.1. The second kappa shape index (κ2) is 8.82. The van der Waals surface area contributed by atoms with E-state index >= 15 is 0 Å². The molecule has 7 nitrogen and oxygen atoms in total. The number of benzene rings is 2. The van der Waals surface area contributed by atoms with Crippen molar-refractivity contribution < 1.29 is 35.9 Å². The molecule has 0 aromatic heterocycles. The molecule has 0 aliphatic heterocycles. The molecule has 2 aromatic rings. The first kappa shape index (κ1) is 23.3.